The lowest BCUT2D eigenvalue weighted by molar-refractivity contribution is -0.121. The normalized spacial score (nSPS) is 16.6. The molecular formula is C23H28N6O2. The second-order valence-electron chi connectivity index (χ2n) is 8.41. The topological polar surface area (TPSA) is 86.7 Å². The van der Waals surface area contributed by atoms with E-state index >= 15 is 0 Å². The first-order valence-corrected chi connectivity index (χ1v) is 11.3. The number of para-hydroxylation sites is 2. The number of fused-ring (bicyclic) bond motifs is 2. The van der Waals surface area contributed by atoms with Gasteiger partial charge in [-0.2, -0.15) is 0 Å². The number of nitrogens with one attached hydrogen (secondary N) is 1. The molecule has 8 nitrogen and oxygen atoms in total. The molecule has 1 aliphatic carbocycles. The van der Waals surface area contributed by atoms with Crippen molar-refractivity contribution >= 4 is 22.6 Å². The number of imidazole rings is 1. The number of nitrogens with zero attached hydrogens (tertiary/aromatic N) is 5. The monoisotopic (exact) mass is 420 g/mol. The van der Waals surface area contributed by atoms with Crippen molar-refractivity contribution < 1.29 is 4.79 Å². The molecule has 1 amide bonds. The summed E-state index contributed by atoms with van der Waals surface area (Å²) in [6.45, 7) is 1.21. The van der Waals surface area contributed by atoms with E-state index in [0.717, 1.165) is 79.9 Å². The van der Waals surface area contributed by atoms with Crippen molar-refractivity contribution in [2.75, 3.05) is 0 Å². The lowest BCUT2D eigenvalue weighted by Gasteiger charge is -2.13. The molecule has 0 saturated heterocycles. The number of hydrogen-bond acceptors (Lipinski definition) is 4. The van der Waals surface area contributed by atoms with Crippen molar-refractivity contribution in [3.63, 3.8) is 0 Å². The highest BCUT2D eigenvalue weighted by molar-refractivity contribution is 5.83. The summed E-state index contributed by atoms with van der Waals surface area (Å²) in [5, 5.41) is 11.5. The molecule has 2 aliphatic rings. The van der Waals surface area contributed by atoms with Crippen LogP contribution in [0.2, 0.25) is 0 Å². The summed E-state index contributed by atoms with van der Waals surface area (Å²) in [5.74, 6) is 1.59. The zero-order valence-electron chi connectivity index (χ0n) is 17.7. The smallest absolute Gasteiger partial charge is 0.333 e. The Morgan fingerprint density at radius 1 is 1.00 bits per heavy atom. The first kappa shape index (κ1) is 19.8. The van der Waals surface area contributed by atoms with Gasteiger partial charge in [0.15, 0.2) is 5.82 Å². The molecule has 8 heteroatoms. The number of rotatable bonds is 5. The Hall–Kier alpha value is -3.16. The number of aryl methyl sites for hydroxylation is 1. The van der Waals surface area contributed by atoms with Gasteiger partial charge in [0.2, 0.25) is 5.91 Å². The third-order valence-corrected chi connectivity index (χ3v) is 6.32. The quantitative estimate of drug-likeness (QED) is 0.688. The minimum absolute atomic E-state index is 0.0133. The first-order chi connectivity index (χ1) is 15.2. The first-order valence-electron chi connectivity index (χ1n) is 11.3. The van der Waals surface area contributed by atoms with Gasteiger partial charge in [-0.15, -0.1) is 10.2 Å². The van der Waals surface area contributed by atoms with Crippen LogP contribution in [-0.2, 0) is 30.8 Å². The predicted molar refractivity (Wildman–Crippen MR) is 118 cm³/mol. The van der Waals surface area contributed by atoms with Crippen LogP contribution < -0.4 is 11.0 Å². The minimum atomic E-state index is -0.200. The molecule has 0 radical (unpaired) electrons. The van der Waals surface area contributed by atoms with Gasteiger partial charge in [-0.3, -0.25) is 13.9 Å². The van der Waals surface area contributed by atoms with Crippen molar-refractivity contribution in [3.05, 3.63) is 52.5 Å². The molecule has 2 aromatic heterocycles. The summed E-state index contributed by atoms with van der Waals surface area (Å²) in [5.41, 5.74) is 2.53. The fourth-order valence-corrected chi connectivity index (χ4v) is 4.72. The standard InChI is InChI=1S/C23H28N6O2/c30-22(24-15-21-26-25-20-13-5-2-8-14-27(20)21)16-28-18-11-6-7-12-19(18)29(23(28)31)17-9-3-1-4-10-17/h6-7,9,11-12H,1-5,8,10,13-16H2,(H,24,30). The van der Waals surface area contributed by atoms with E-state index in [9.17, 15) is 9.59 Å². The second-order valence-corrected chi connectivity index (χ2v) is 8.41. The van der Waals surface area contributed by atoms with Crippen LogP contribution in [0.15, 0.2) is 35.1 Å². The van der Waals surface area contributed by atoms with Crippen molar-refractivity contribution in [2.45, 2.75) is 71.0 Å². The molecule has 3 heterocycles. The Morgan fingerprint density at radius 2 is 1.84 bits per heavy atom. The van der Waals surface area contributed by atoms with Crippen LogP contribution in [0.5, 0.6) is 0 Å². The Balaban J connectivity index is 1.37. The minimum Gasteiger partial charge on any atom is -0.347 e. The molecule has 0 spiro atoms. The van der Waals surface area contributed by atoms with Gasteiger partial charge in [-0.05, 0) is 50.7 Å². The van der Waals surface area contributed by atoms with Gasteiger partial charge in [0.25, 0.3) is 0 Å². The highest BCUT2D eigenvalue weighted by Gasteiger charge is 2.19. The van der Waals surface area contributed by atoms with Crippen LogP contribution in [0.3, 0.4) is 0 Å². The molecule has 0 unspecified atom stereocenters. The number of allylic oxidation sites excluding steroid dienone is 2. The van der Waals surface area contributed by atoms with Crippen LogP contribution >= 0.6 is 0 Å². The van der Waals surface area contributed by atoms with E-state index in [4.69, 9.17) is 0 Å². The molecule has 5 rings (SSSR count). The molecule has 0 atom stereocenters. The summed E-state index contributed by atoms with van der Waals surface area (Å²) in [4.78, 5) is 26.0. The van der Waals surface area contributed by atoms with Crippen LogP contribution in [0.4, 0.5) is 0 Å². The lowest BCUT2D eigenvalue weighted by atomic mass is 10.0. The third kappa shape index (κ3) is 3.82. The Kier molecular flexibility index (Phi) is 5.44. The number of carbonyl (C=O) groups is 1. The molecule has 0 bridgehead atoms. The molecule has 1 aromatic carbocycles. The number of aromatic nitrogens is 5. The molecule has 162 valence electrons. The zero-order chi connectivity index (χ0) is 21.2. The Morgan fingerprint density at radius 3 is 2.68 bits per heavy atom. The summed E-state index contributed by atoms with van der Waals surface area (Å²) in [6, 6.07) is 7.69. The summed E-state index contributed by atoms with van der Waals surface area (Å²) in [6.07, 6.45) is 10.6. The van der Waals surface area contributed by atoms with E-state index in [1.807, 2.05) is 24.3 Å². The van der Waals surface area contributed by atoms with Gasteiger partial charge in [-0.25, -0.2) is 4.79 Å². The number of hydrogen-bond donors (Lipinski definition) is 1. The fourth-order valence-electron chi connectivity index (χ4n) is 4.72. The highest BCUT2D eigenvalue weighted by atomic mass is 16.2. The molecular weight excluding hydrogens is 392 g/mol. The van der Waals surface area contributed by atoms with Gasteiger partial charge < -0.3 is 9.88 Å². The van der Waals surface area contributed by atoms with Crippen LogP contribution in [0, 0.1) is 0 Å². The summed E-state index contributed by atoms with van der Waals surface area (Å²) >= 11 is 0. The molecule has 1 aliphatic heterocycles. The largest absolute Gasteiger partial charge is 0.347 e. The van der Waals surface area contributed by atoms with E-state index in [0.29, 0.717) is 6.54 Å². The molecule has 31 heavy (non-hydrogen) atoms. The average Bonchev–Trinajstić information content (AvgIpc) is 3.20. The van der Waals surface area contributed by atoms with Gasteiger partial charge in [0.05, 0.1) is 17.6 Å². The van der Waals surface area contributed by atoms with E-state index in [1.54, 1.807) is 9.13 Å². The Labute approximate surface area is 180 Å². The molecule has 3 aromatic rings. The van der Waals surface area contributed by atoms with Crippen LogP contribution in [0.1, 0.15) is 56.6 Å². The van der Waals surface area contributed by atoms with Crippen LogP contribution in [-0.4, -0.2) is 29.8 Å². The predicted octanol–water partition coefficient (Wildman–Crippen LogP) is 2.85. The van der Waals surface area contributed by atoms with Gasteiger partial charge in [0.1, 0.15) is 12.4 Å². The van der Waals surface area contributed by atoms with E-state index in [1.165, 1.54) is 6.42 Å². The maximum atomic E-state index is 13.3. The summed E-state index contributed by atoms with van der Waals surface area (Å²) in [7, 11) is 0. The number of carbonyl (C=O) groups excluding carboxylic acids is 1. The van der Waals surface area contributed by atoms with Gasteiger partial charge in [-0.1, -0.05) is 24.6 Å². The molecule has 1 N–H and O–H groups in total. The second kappa shape index (κ2) is 8.53. The Bertz CT molecular complexity index is 1200. The zero-order valence-corrected chi connectivity index (χ0v) is 17.7. The number of benzene rings is 1. The third-order valence-electron chi connectivity index (χ3n) is 6.32. The average molecular weight is 421 g/mol. The SMILES string of the molecule is O=C(Cn1c(=O)n(C2=CCCCC2)c2ccccc21)NCc1nnc2n1CCCCC2. The van der Waals surface area contributed by atoms with Crippen molar-refractivity contribution in [3.8, 4) is 0 Å². The lowest BCUT2D eigenvalue weighted by Crippen LogP contribution is -2.33. The van der Waals surface area contributed by atoms with E-state index in [-0.39, 0.29) is 18.1 Å². The molecule has 0 fully saturated rings. The summed E-state index contributed by atoms with van der Waals surface area (Å²) < 4.78 is 5.48. The maximum Gasteiger partial charge on any atom is 0.333 e. The molecule has 0 saturated carbocycles. The van der Waals surface area contributed by atoms with Crippen molar-refractivity contribution in [2.24, 2.45) is 0 Å². The fraction of sp³-hybridized carbons (Fsp3) is 0.478. The number of amides is 1. The van der Waals surface area contributed by atoms with Gasteiger partial charge in [0, 0.05) is 18.7 Å². The van der Waals surface area contributed by atoms with Gasteiger partial charge >= 0.3 is 5.69 Å². The highest BCUT2D eigenvalue weighted by Crippen LogP contribution is 2.24. The van der Waals surface area contributed by atoms with E-state index in [2.05, 4.69) is 26.2 Å². The van der Waals surface area contributed by atoms with Crippen LogP contribution in [0.25, 0.3) is 16.7 Å². The maximum absolute atomic E-state index is 13.3. The van der Waals surface area contributed by atoms with Crippen molar-refractivity contribution in [1.82, 2.24) is 29.2 Å². The van der Waals surface area contributed by atoms with E-state index < -0.39 is 0 Å². The van der Waals surface area contributed by atoms with Crippen molar-refractivity contribution in [1.29, 1.82) is 0 Å².